The molecule has 0 unspecified atom stereocenters. The highest BCUT2D eigenvalue weighted by Crippen LogP contribution is 2.25. The molecule has 0 aliphatic carbocycles. The van der Waals surface area contributed by atoms with E-state index in [1.807, 2.05) is 48.5 Å². The molecule has 0 bridgehead atoms. The Morgan fingerprint density at radius 3 is 2.64 bits per heavy atom. The number of carbonyl (C=O) groups excluding carboxylic acids is 1. The predicted octanol–water partition coefficient (Wildman–Crippen LogP) is 3.74. The second-order valence-electron chi connectivity index (χ2n) is 4.99. The molecule has 3 rings (SSSR count). The zero-order valence-corrected chi connectivity index (χ0v) is 13.7. The van der Waals surface area contributed by atoms with Gasteiger partial charge in [-0.25, -0.2) is 4.98 Å². The Bertz CT molecular complexity index is 896. The zero-order valence-electron chi connectivity index (χ0n) is 12.9. The Kier molecular flexibility index (Phi) is 5.00. The molecule has 0 aliphatic heterocycles. The van der Waals surface area contributed by atoms with Gasteiger partial charge in [0.1, 0.15) is 11.9 Å². The molecule has 1 heterocycles. The van der Waals surface area contributed by atoms with Gasteiger partial charge in [-0.1, -0.05) is 42.5 Å². The highest BCUT2D eigenvalue weighted by molar-refractivity contribution is 7.18. The van der Waals surface area contributed by atoms with Gasteiger partial charge in [0.25, 0.3) is 5.91 Å². The van der Waals surface area contributed by atoms with Crippen molar-refractivity contribution in [1.29, 1.82) is 0 Å². The number of anilines is 1. The maximum Gasteiger partial charge on any atom is 0.345 e. The average Bonchev–Trinajstić information content (AvgIpc) is 3.10. The molecule has 126 valence electrons. The van der Waals surface area contributed by atoms with Gasteiger partial charge in [0.2, 0.25) is 0 Å². The van der Waals surface area contributed by atoms with Crippen molar-refractivity contribution < 1.29 is 14.5 Å². The second-order valence-corrected chi connectivity index (χ2v) is 6.00. The van der Waals surface area contributed by atoms with Crippen LogP contribution in [0.2, 0.25) is 0 Å². The van der Waals surface area contributed by atoms with Crippen LogP contribution in [0.5, 0.6) is 5.75 Å². The molecule has 0 saturated carbocycles. The smallest absolute Gasteiger partial charge is 0.345 e. The summed E-state index contributed by atoms with van der Waals surface area (Å²) in [5, 5.41) is 13.1. The minimum Gasteiger partial charge on any atom is -0.484 e. The fourth-order valence-electron chi connectivity index (χ4n) is 2.11. The lowest BCUT2D eigenvalue weighted by molar-refractivity contribution is -0.380. The van der Waals surface area contributed by atoms with E-state index in [4.69, 9.17) is 4.74 Å². The summed E-state index contributed by atoms with van der Waals surface area (Å²) in [6.45, 7) is -0.217. The first kappa shape index (κ1) is 16.6. The third-order valence-electron chi connectivity index (χ3n) is 3.23. The third kappa shape index (κ3) is 4.39. The average molecular weight is 355 g/mol. The normalized spacial score (nSPS) is 10.2. The van der Waals surface area contributed by atoms with E-state index >= 15 is 0 Å². The molecule has 1 aromatic heterocycles. The van der Waals surface area contributed by atoms with Gasteiger partial charge >= 0.3 is 5.00 Å². The van der Waals surface area contributed by atoms with Gasteiger partial charge in [0, 0.05) is 0 Å². The number of hydrogen-bond donors (Lipinski definition) is 1. The van der Waals surface area contributed by atoms with Crippen molar-refractivity contribution in [2.45, 2.75) is 0 Å². The van der Waals surface area contributed by atoms with Crippen LogP contribution in [0.1, 0.15) is 0 Å². The van der Waals surface area contributed by atoms with Crippen molar-refractivity contribution in [3.8, 4) is 16.9 Å². The maximum atomic E-state index is 11.9. The molecule has 25 heavy (non-hydrogen) atoms. The van der Waals surface area contributed by atoms with Crippen LogP contribution >= 0.6 is 11.3 Å². The number of nitrogens with one attached hydrogen (secondary N) is 1. The molecule has 8 heteroatoms. The number of nitrogens with zero attached hydrogens (tertiary/aromatic N) is 2. The van der Waals surface area contributed by atoms with Crippen molar-refractivity contribution >= 4 is 27.4 Å². The second kappa shape index (κ2) is 7.54. The third-order valence-corrected chi connectivity index (χ3v) is 4.10. The summed E-state index contributed by atoms with van der Waals surface area (Å²) in [5.41, 5.74) is 2.03. The Labute approximate surface area is 147 Å². The van der Waals surface area contributed by atoms with Gasteiger partial charge in [-0.2, -0.15) is 0 Å². The standard InChI is InChI=1S/C17H13N3O4S/c21-15(19-17-18-10-16(25-17)20(22)23)11-24-14-8-4-7-13(9-14)12-5-2-1-3-6-12/h1-10H,11H2,(H,18,19,21). The predicted molar refractivity (Wildman–Crippen MR) is 94.8 cm³/mol. The number of hydrogen-bond acceptors (Lipinski definition) is 6. The summed E-state index contributed by atoms with van der Waals surface area (Å²) < 4.78 is 5.49. The number of rotatable bonds is 6. The summed E-state index contributed by atoms with van der Waals surface area (Å²) in [5.74, 6) is 0.121. The largest absolute Gasteiger partial charge is 0.484 e. The SMILES string of the molecule is O=C(COc1cccc(-c2ccccc2)c1)Nc1ncc([N+](=O)[O-])s1. The molecular weight excluding hydrogens is 342 g/mol. The molecule has 2 aromatic carbocycles. The minimum absolute atomic E-state index is 0.133. The van der Waals surface area contributed by atoms with E-state index in [1.54, 1.807) is 6.07 Å². The van der Waals surface area contributed by atoms with Crippen LogP contribution in [0.15, 0.2) is 60.8 Å². The lowest BCUT2D eigenvalue weighted by Gasteiger charge is -2.08. The quantitative estimate of drug-likeness (QED) is 0.537. The first-order valence-electron chi connectivity index (χ1n) is 7.30. The minimum atomic E-state index is -0.557. The lowest BCUT2D eigenvalue weighted by atomic mass is 10.1. The van der Waals surface area contributed by atoms with Gasteiger partial charge in [-0.05, 0) is 34.6 Å². The number of nitro groups is 1. The number of thiazole rings is 1. The van der Waals surface area contributed by atoms with Crippen molar-refractivity contribution in [2.24, 2.45) is 0 Å². The van der Waals surface area contributed by atoms with E-state index in [0.717, 1.165) is 28.7 Å². The fraction of sp³-hybridized carbons (Fsp3) is 0.0588. The zero-order chi connectivity index (χ0) is 17.6. The van der Waals surface area contributed by atoms with Crippen LogP contribution in [0.4, 0.5) is 10.1 Å². The summed E-state index contributed by atoms with van der Waals surface area (Å²) in [4.78, 5) is 25.7. The van der Waals surface area contributed by atoms with Crippen LogP contribution < -0.4 is 10.1 Å². The van der Waals surface area contributed by atoms with E-state index in [2.05, 4.69) is 10.3 Å². The van der Waals surface area contributed by atoms with E-state index in [9.17, 15) is 14.9 Å². The van der Waals surface area contributed by atoms with Crippen molar-refractivity contribution in [3.63, 3.8) is 0 Å². The molecule has 0 saturated heterocycles. The van der Waals surface area contributed by atoms with E-state index in [-0.39, 0.29) is 16.7 Å². The summed E-state index contributed by atoms with van der Waals surface area (Å²) in [6.07, 6.45) is 1.10. The molecule has 7 nitrogen and oxygen atoms in total. The number of aromatic nitrogens is 1. The van der Waals surface area contributed by atoms with Crippen LogP contribution in [-0.2, 0) is 4.79 Å². The molecule has 1 N–H and O–H groups in total. The highest BCUT2D eigenvalue weighted by atomic mass is 32.1. The van der Waals surface area contributed by atoms with Gasteiger partial charge < -0.3 is 4.74 Å². The molecule has 0 aliphatic rings. The molecule has 0 atom stereocenters. The molecular formula is C17H13N3O4S. The van der Waals surface area contributed by atoms with Crippen LogP contribution in [0.3, 0.4) is 0 Å². The Morgan fingerprint density at radius 1 is 1.16 bits per heavy atom. The van der Waals surface area contributed by atoms with Crippen LogP contribution in [-0.4, -0.2) is 22.4 Å². The first-order valence-corrected chi connectivity index (χ1v) is 8.12. The van der Waals surface area contributed by atoms with E-state index in [1.165, 1.54) is 0 Å². The Balaban J connectivity index is 1.59. The molecule has 3 aromatic rings. The van der Waals surface area contributed by atoms with Crippen LogP contribution in [0.25, 0.3) is 11.1 Å². The summed E-state index contributed by atoms with van der Waals surface area (Å²) in [7, 11) is 0. The highest BCUT2D eigenvalue weighted by Gasteiger charge is 2.13. The maximum absolute atomic E-state index is 11.9. The van der Waals surface area contributed by atoms with Gasteiger partial charge in [-0.15, -0.1) is 0 Å². The molecule has 0 spiro atoms. The monoisotopic (exact) mass is 355 g/mol. The fourth-order valence-corrected chi connectivity index (χ4v) is 2.76. The van der Waals surface area contributed by atoms with Crippen molar-refractivity contribution in [3.05, 3.63) is 70.9 Å². The van der Waals surface area contributed by atoms with Crippen LogP contribution in [0, 0.1) is 10.1 Å². The van der Waals surface area contributed by atoms with Crippen molar-refractivity contribution in [1.82, 2.24) is 4.98 Å². The van der Waals surface area contributed by atoms with Gasteiger partial charge in [-0.3, -0.25) is 20.2 Å². The Morgan fingerprint density at radius 2 is 1.92 bits per heavy atom. The van der Waals surface area contributed by atoms with E-state index < -0.39 is 10.8 Å². The van der Waals surface area contributed by atoms with Crippen molar-refractivity contribution in [2.75, 3.05) is 11.9 Å². The molecule has 0 radical (unpaired) electrons. The number of amides is 1. The molecule has 1 amide bonds. The summed E-state index contributed by atoms with van der Waals surface area (Å²) in [6, 6.07) is 17.2. The molecule has 0 fully saturated rings. The number of carbonyl (C=O) groups is 1. The first-order chi connectivity index (χ1) is 12.1. The lowest BCUT2D eigenvalue weighted by Crippen LogP contribution is -2.19. The Hall–Kier alpha value is -3.26. The van der Waals surface area contributed by atoms with E-state index in [0.29, 0.717) is 5.75 Å². The number of benzene rings is 2. The number of ether oxygens (including phenoxy) is 1. The van der Waals surface area contributed by atoms with Gasteiger partial charge in [0.05, 0.1) is 4.92 Å². The van der Waals surface area contributed by atoms with Gasteiger partial charge in [0.15, 0.2) is 11.7 Å². The topological polar surface area (TPSA) is 94.4 Å². The summed E-state index contributed by atoms with van der Waals surface area (Å²) >= 11 is 0.793.